The molecule has 9 heteroatoms. The molecule has 35 heavy (non-hydrogen) atoms. The number of pyridine rings is 1. The number of hydrogen-bond acceptors (Lipinski definition) is 4. The van der Waals surface area contributed by atoms with Crippen molar-refractivity contribution in [2.24, 2.45) is 0 Å². The highest BCUT2D eigenvalue weighted by Gasteiger charge is 2.38. The van der Waals surface area contributed by atoms with Crippen LogP contribution in [0.1, 0.15) is 66.3 Å². The molecule has 3 heterocycles. The highest BCUT2D eigenvalue weighted by Crippen LogP contribution is 2.45. The van der Waals surface area contributed by atoms with Gasteiger partial charge in [0.1, 0.15) is 11.4 Å². The fraction of sp³-hybridized carbons (Fsp3) is 0.385. The number of fused-ring (bicyclic) bond motifs is 1. The van der Waals surface area contributed by atoms with Crippen LogP contribution in [0.4, 0.5) is 13.2 Å². The molecule has 1 aromatic carbocycles. The van der Waals surface area contributed by atoms with E-state index < -0.39 is 11.9 Å². The third-order valence-corrected chi connectivity index (χ3v) is 7.11. The van der Waals surface area contributed by atoms with Crippen molar-refractivity contribution in [1.82, 2.24) is 29.9 Å². The highest BCUT2D eigenvalue weighted by atomic mass is 19.4. The summed E-state index contributed by atoms with van der Waals surface area (Å²) < 4.78 is 41.9. The number of benzene rings is 1. The number of alkyl halides is 3. The Balaban J connectivity index is 1.26. The molecule has 6 nitrogen and oxygen atoms in total. The van der Waals surface area contributed by atoms with Gasteiger partial charge in [0.15, 0.2) is 5.69 Å². The first-order valence-electron chi connectivity index (χ1n) is 12.1. The molecule has 1 N–H and O–H groups in total. The van der Waals surface area contributed by atoms with Crippen molar-refractivity contribution in [3.05, 3.63) is 71.4 Å². The number of rotatable bonds is 5. The quantitative estimate of drug-likeness (QED) is 0.350. The van der Waals surface area contributed by atoms with Crippen LogP contribution in [0.25, 0.3) is 22.6 Å². The van der Waals surface area contributed by atoms with Crippen molar-refractivity contribution < 1.29 is 13.2 Å². The predicted molar refractivity (Wildman–Crippen MR) is 125 cm³/mol. The number of nitrogens with one attached hydrogen (secondary N) is 1. The second-order valence-corrected chi connectivity index (χ2v) is 9.54. The van der Waals surface area contributed by atoms with E-state index >= 15 is 0 Å². The molecule has 4 aromatic rings. The van der Waals surface area contributed by atoms with Crippen molar-refractivity contribution in [3.63, 3.8) is 0 Å². The standard InChI is InChI=1S/C26H25F3N6/c27-26(28,29)25-24(32-34-33-25)17-10-11-30-22(12-17)23-14-35(15-31-23)13-18-4-1-2-5-21-19(16-8-9-16)6-3-7-20(18)21/h3,6-7,10-12,14-16,18H,1-2,4-5,8-9,13H2,(H,32,33,34)/t18-/m1/s1. The summed E-state index contributed by atoms with van der Waals surface area (Å²) in [7, 11) is 0. The number of imidazole rings is 1. The summed E-state index contributed by atoms with van der Waals surface area (Å²) in [5, 5.41) is 9.08. The van der Waals surface area contributed by atoms with Gasteiger partial charge in [0, 0.05) is 30.4 Å². The molecule has 180 valence electrons. The lowest BCUT2D eigenvalue weighted by atomic mass is 9.88. The predicted octanol–water partition coefficient (Wildman–Crippen LogP) is 6.14. The molecule has 2 aliphatic carbocycles. The molecular formula is C26H25F3N6. The third-order valence-electron chi connectivity index (χ3n) is 7.11. The van der Waals surface area contributed by atoms with Crippen LogP contribution in [-0.4, -0.2) is 29.9 Å². The van der Waals surface area contributed by atoms with Crippen LogP contribution in [0.5, 0.6) is 0 Å². The summed E-state index contributed by atoms with van der Waals surface area (Å²) >= 11 is 0. The van der Waals surface area contributed by atoms with E-state index in [9.17, 15) is 13.2 Å². The number of aromatic nitrogens is 6. The average Bonchev–Trinajstić information content (AvgIpc) is 3.43. The van der Waals surface area contributed by atoms with Crippen LogP contribution in [-0.2, 0) is 19.1 Å². The molecule has 0 radical (unpaired) electrons. The summed E-state index contributed by atoms with van der Waals surface area (Å²) in [6.45, 7) is 0.815. The summed E-state index contributed by atoms with van der Waals surface area (Å²) in [4.78, 5) is 8.86. The van der Waals surface area contributed by atoms with E-state index in [-0.39, 0.29) is 11.3 Å². The third kappa shape index (κ3) is 4.35. The van der Waals surface area contributed by atoms with Gasteiger partial charge >= 0.3 is 6.18 Å². The normalized spacial score (nSPS) is 18.3. The lowest BCUT2D eigenvalue weighted by Crippen LogP contribution is -2.09. The maximum Gasteiger partial charge on any atom is 0.437 e. The zero-order chi connectivity index (χ0) is 24.0. The number of hydrogen-bond donors (Lipinski definition) is 1. The summed E-state index contributed by atoms with van der Waals surface area (Å²) in [6, 6.07) is 9.87. The minimum atomic E-state index is -4.60. The lowest BCUT2D eigenvalue weighted by Gasteiger charge is -2.20. The van der Waals surface area contributed by atoms with Crippen LogP contribution in [0.2, 0.25) is 0 Å². The van der Waals surface area contributed by atoms with Gasteiger partial charge in [-0.2, -0.15) is 28.6 Å². The molecule has 3 aromatic heterocycles. The van der Waals surface area contributed by atoms with E-state index in [1.165, 1.54) is 43.5 Å². The van der Waals surface area contributed by atoms with Crippen molar-refractivity contribution in [2.45, 2.75) is 63.1 Å². The van der Waals surface area contributed by atoms with Gasteiger partial charge in [0.2, 0.25) is 0 Å². The monoisotopic (exact) mass is 478 g/mol. The first kappa shape index (κ1) is 22.0. The first-order chi connectivity index (χ1) is 17.0. The summed E-state index contributed by atoms with van der Waals surface area (Å²) in [5.74, 6) is 1.15. The zero-order valence-electron chi connectivity index (χ0n) is 19.1. The molecule has 0 aliphatic heterocycles. The van der Waals surface area contributed by atoms with Crippen molar-refractivity contribution in [3.8, 4) is 22.6 Å². The van der Waals surface area contributed by atoms with Gasteiger partial charge < -0.3 is 4.57 Å². The van der Waals surface area contributed by atoms with Crippen molar-refractivity contribution >= 4 is 0 Å². The van der Waals surface area contributed by atoms with Crippen LogP contribution in [0, 0.1) is 0 Å². The van der Waals surface area contributed by atoms with Crippen LogP contribution in [0.3, 0.4) is 0 Å². The van der Waals surface area contributed by atoms with Gasteiger partial charge in [0.05, 0.1) is 12.0 Å². The van der Waals surface area contributed by atoms with Crippen LogP contribution in [0.15, 0.2) is 49.1 Å². The second kappa shape index (κ2) is 8.62. The van der Waals surface area contributed by atoms with Gasteiger partial charge in [-0.25, -0.2) is 4.98 Å². The maximum atomic E-state index is 13.3. The minimum absolute atomic E-state index is 0.248. The second-order valence-electron chi connectivity index (χ2n) is 9.54. The molecule has 2 aliphatic rings. The van der Waals surface area contributed by atoms with E-state index in [0.717, 1.165) is 25.3 Å². The molecule has 0 unspecified atom stereocenters. The molecule has 1 saturated carbocycles. The van der Waals surface area contributed by atoms with Crippen LogP contribution >= 0.6 is 0 Å². The highest BCUT2D eigenvalue weighted by molar-refractivity contribution is 5.67. The maximum absolute atomic E-state index is 13.3. The average molecular weight is 479 g/mol. The molecular weight excluding hydrogens is 453 g/mol. The van der Waals surface area contributed by atoms with E-state index in [2.05, 4.69) is 48.1 Å². The molecule has 6 rings (SSSR count). The van der Waals surface area contributed by atoms with Crippen molar-refractivity contribution in [2.75, 3.05) is 0 Å². The van der Waals surface area contributed by atoms with Gasteiger partial charge in [-0.3, -0.25) is 4.98 Å². The molecule has 0 bridgehead atoms. The number of halogens is 3. The van der Waals surface area contributed by atoms with Crippen molar-refractivity contribution in [1.29, 1.82) is 0 Å². The van der Waals surface area contributed by atoms with Crippen LogP contribution < -0.4 is 0 Å². The molecule has 1 fully saturated rings. The fourth-order valence-corrected chi connectivity index (χ4v) is 5.30. The molecule has 0 saturated heterocycles. The molecule has 0 spiro atoms. The summed E-state index contributed by atoms with van der Waals surface area (Å²) in [6.07, 6.45) is 7.91. The van der Waals surface area contributed by atoms with E-state index in [0.29, 0.717) is 17.3 Å². The van der Waals surface area contributed by atoms with E-state index in [1.54, 1.807) is 23.5 Å². The number of aromatic amines is 1. The SMILES string of the molecule is FC(F)(F)c1n[nH]nc1-c1ccnc(-c2cn(C[C@H]3CCCCc4c(C5CC5)cccc43)cn2)c1. The fourth-order valence-electron chi connectivity index (χ4n) is 5.30. The lowest BCUT2D eigenvalue weighted by molar-refractivity contribution is -0.140. The Hall–Kier alpha value is -3.49. The first-order valence-corrected chi connectivity index (χ1v) is 12.1. The van der Waals surface area contributed by atoms with Gasteiger partial charge in [0.25, 0.3) is 0 Å². The topological polar surface area (TPSA) is 72.3 Å². The Kier molecular flexibility index (Phi) is 5.42. The van der Waals surface area contributed by atoms with Gasteiger partial charge in [-0.15, -0.1) is 0 Å². The van der Waals surface area contributed by atoms with E-state index in [4.69, 9.17) is 0 Å². The minimum Gasteiger partial charge on any atom is -0.336 e. The number of nitrogens with zero attached hydrogens (tertiary/aromatic N) is 5. The zero-order valence-corrected chi connectivity index (χ0v) is 19.1. The van der Waals surface area contributed by atoms with Gasteiger partial charge in [-0.1, -0.05) is 24.6 Å². The Morgan fingerprint density at radius 2 is 1.83 bits per heavy atom. The molecule has 0 amide bonds. The largest absolute Gasteiger partial charge is 0.437 e. The Morgan fingerprint density at radius 1 is 0.971 bits per heavy atom. The Labute approximate surface area is 200 Å². The molecule has 1 atom stereocenters. The van der Waals surface area contributed by atoms with E-state index in [1.807, 2.05) is 6.20 Å². The smallest absolute Gasteiger partial charge is 0.336 e. The van der Waals surface area contributed by atoms with Gasteiger partial charge in [-0.05, 0) is 66.8 Å². The summed E-state index contributed by atoms with van der Waals surface area (Å²) in [5.41, 5.74) is 4.68. The Morgan fingerprint density at radius 3 is 2.66 bits per heavy atom. The Bertz CT molecular complexity index is 1350. The number of H-pyrrole nitrogens is 1.